The summed E-state index contributed by atoms with van der Waals surface area (Å²) < 4.78 is 0. The lowest BCUT2D eigenvalue weighted by Gasteiger charge is -2.38. The first kappa shape index (κ1) is 23.6. The molecule has 0 spiro atoms. The molecular formula is C22H35O4P. The summed E-state index contributed by atoms with van der Waals surface area (Å²) in [6.07, 6.45) is 15.0. The van der Waals surface area contributed by atoms with Crippen LogP contribution in [-0.2, 0) is 9.59 Å². The Hall–Kier alpha value is -1.41. The van der Waals surface area contributed by atoms with Gasteiger partial charge in [-0.25, -0.2) is 0 Å². The number of carboxylic acids is 2. The third-order valence-electron chi connectivity index (χ3n) is 4.99. The van der Waals surface area contributed by atoms with Gasteiger partial charge in [-0.3, -0.25) is 9.59 Å². The fourth-order valence-corrected chi connectivity index (χ4v) is 7.84. The SMILES string of the molecule is CC(=O)O.CC(=O)O.c1ccc(P(C2CCCCC2)C2CCCCC2)cc1. The van der Waals surface area contributed by atoms with Crippen LogP contribution in [0.3, 0.4) is 0 Å². The monoisotopic (exact) mass is 394 g/mol. The summed E-state index contributed by atoms with van der Waals surface area (Å²) in [5.74, 6) is -1.67. The highest BCUT2D eigenvalue weighted by Crippen LogP contribution is 2.54. The fourth-order valence-electron chi connectivity index (χ4n) is 4.04. The lowest BCUT2D eigenvalue weighted by atomic mass is 9.99. The number of aliphatic carboxylic acids is 2. The van der Waals surface area contributed by atoms with Gasteiger partial charge in [-0.05, 0) is 42.3 Å². The Morgan fingerprint density at radius 2 is 1.07 bits per heavy atom. The molecule has 2 aliphatic carbocycles. The van der Waals surface area contributed by atoms with Gasteiger partial charge in [0, 0.05) is 13.8 Å². The Balaban J connectivity index is 0.000000390. The van der Waals surface area contributed by atoms with Crippen LogP contribution in [0.1, 0.15) is 78.1 Å². The van der Waals surface area contributed by atoms with Gasteiger partial charge in [0.25, 0.3) is 11.9 Å². The zero-order valence-corrected chi connectivity index (χ0v) is 17.7. The highest BCUT2D eigenvalue weighted by molar-refractivity contribution is 7.67. The first-order valence-electron chi connectivity index (χ1n) is 10.1. The zero-order valence-electron chi connectivity index (χ0n) is 16.8. The molecule has 3 rings (SSSR count). The number of carbonyl (C=O) groups is 2. The van der Waals surface area contributed by atoms with E-state index < -0.39 is 11.9 Å². The molecular weight excluding hydrogens is 359 g/mol. The number of hydrogen-bond acceptors (Lipinski definition) is 2. The van der Waals surface area contributed by atoms with Gasteiger partial charge in [0.15, 0.2) is 0 Å². The van der Waals surface area contributed by atoms with Crippen molar-refractivity contribution in [1.82, 2.24) is 0 Å². The highest BCUT2D eigenvalue weighted by Gasteiger charge is 2.31. The molecule has 5 heteroatoms. The third-order valence-corrected chi connectivity index (χ3v) is 8.49. The number of rotatable bonds is 3. The quantitative estimate of drug-likeness (QED) is 0.651. The van der Waals surface area contributed by atoms with Crippen LogP contribution >= 0.6 is 7.92 Å². The highest BCUT2D eigenvalue weighted by atomic mass is 31.1. The first-order chi connectivity index (χ1) is 12.9. The molecule has 2 N–H and O–H groups in total. The molecule has 0 aromatic heterocycles. The average Bonchev–Trinajstić information content (AvgIpc) is 2.64. The van der Waals surface area contributed by atoms with Gasteiger partial charge < -0.3 is 10.2 Å². The third kappa shape index (κ3) is 10.5. The van der Waals surface area contributed by atoms with Gasteiger partial charge >= 0.3 is 0 Å². The molecule has 0 amide bonds. The van der Waals surface area contributed by atoms with E-state index in [0.717, 1.165) is 25.2 Å². The van der Waals surface area contributed by atoms with Gasteiger partial charge in [-0.2, -0.15) is 0 Å². The lowest BCUT2D eigenvalue weighted by molar-refractivity contribution is -0.135. The molecule has 0 unspecified atom stereocenters. The molecule has 2 saturated carbocycles. The van der Waals surface area contributed by atoms with Gasteiger partial charge in [-0.15, -0.1) is 0 Å². The molecule has 0 radical (unpaired) electrons. The summed E-state index contributed by atoms with van der Waals surface area (Å²) in [6.45, 7) is 2.17. The van der Waals surface area contributed by atoms with Crippen molar-refractivity contribution in [2.75, 3.05) is 0 Å². The summed E-state index contributed by atoms with van der Waals surface area (Å²) in [4.78, 5) is 18.0. The molecule has 0 heterocycles. The maximum atomic E-state index is 9.00. The molecule has 0 atom stereocenters. The molecule has 1 aromatic carbocycles. The van der Waals surface area contributed by atoms with Crippen LogP contribution in [0.4, 0.5) is 0 Å². The van der Waals surface area contributed by atoms with E-state index in [9.17, 15) is 0 Å². The summed E-state index contributed by atoms with van der Waals surface area (Å²) >= 11 is 0. The van der Waals surface area contributed by atoms with Gasteiger partial charge in [0.05, 0.1) is 0 Å². The first-order valence-corrected chi connectivity index (χ1v) is 11.6. The molecule has 0 bridgehead atoms. The number of benzene rings is 1. The Bertz CT molecular complexity index is 497. The van der Waals surface area contributed by atoms with Crippen molar-refractivity contribution in [1.29, 1.82) is 0 Å². The molecule has 27 heavy (non-hydrogen) atoms. The van der Waals surface area contributed by atoms with E-state index in [0.29, 0.717) is 0 Å². The van der Waals surface area contributed by atoms with Crippen molar-refractivity contribution in [3.63, 3.8) is 0 Å². The van der Waals surface area contributed by atoms with Gasteiger partial charge in [-0.1, -0.05) is 76.8 Å². The minimum Gasteiger partial charge on any atom is -0.481 e. The second-order valence-electron chi connectivity index (χ2n) is 7.36. The fraction of sp³-hybridized carbons (Fsp3) is 0.636. The summed E-state index contributed by atoms with van der Waals surface area (Å²) in [6, 6.07) is 11.6. The van der Waals surface area contributed by atoms with E-state index in [1.807, 2.05) is 0 Å². The average molecular weight is 394 g/mol. The molecule has 152 valence electrons. The maximum absolute atomic E-state index is 9.00. The summed E-state index contributed by atoms with van der Waals surface area (Å²) in [7, 11) is 0.108. The van der Waals surface area contributed by atoms with E-state index in [2.05, 4.69) is 30.3 Å². The Labute approximate surface area is 165 Å². The van der Waals surface area contributed by atoms with Crippen LogP contribution in [0.15, 0.2) is 30.3 Å². The van der Waals surface area contributed by atoms with Crippen LogP contribution in [-0.4, -0.2) is 33.5 Å². The largest absolute Gasteiger partial charge is 0.481 e. The molecule has 0 saturated heterocycles. The van der Waals surface area contributed by atoms with Crippen LogP contribution in [0.2, 0.25) is 0 Å². The molecule has 4 nitrogen and oxygen atoms in total. The standard InChI is InChI=1S/C18H27P.2C2H4O2/c1-4-10-16(11-5-1)19(17-12-6-2-7-13-17)18-14-8-3-9-15-18;2*1-2(3)4/h1,4-5,10-11,17-18H,2-3,6-9,12-15H2;2*1H3,(H,3,4). The van der Waals surface area contributed by atoms with Crippen molar-refractivity contribution >= 4 is 25.2 Å². The van der Waals surface area contributed by atoms with Crippen molar-refractivity contribution in [3.8, 4) is 0 Å². The van der Waals surface area contributed by atoms with E-state index in [1.54, 1.807) is 5.30 Å². The predicted molar refractivity (Wildman–Crippen MR) is 113 cm³/mol. The topological polar surface area (TPSA) is 74.6 Å². The molecule has 1 aromatic rings. The molecule has 0 aliphatic heterocycles. The predicted octanol–water partition coefficient (Wildman–Crippen LogP) is 5.64. The van der Waals surface area contributed by atoms with E-state index in [-0.39, 0.29) is 7.92 Å². The van der Waals surface area contributed by atoms with E-state index in [4.69, 9.17) is 19.8 Å². The minimum atomic E-state index is -0.833. The summed E-state index contributed by atoms with van der Waals surface area (Å²) in [5, 5.41) is 16.5. The molecule has 2 aliphatic rings. The second-order valence-corrected chi connectivity index (χ2v) is 10.2. The lowest BCUT2D eigenvalue weighted by Crippen LogP contribution is -2.26. The Morgan fingerprint density at radius 3 is 1.41 bits per heavy atom. The Kier molecular flexibility index (Phi) is 12.0. The normalized spacial score (nSPS) is 17.9. The van der Waals surface area contributed by atoms with Gasteiger partial charge in [0.2, 0.25) is 0 Å². The second kappa shape index (κ2) is 13.7. The van der Waals surface area contributed by atoms with Crippen LogP contribution in [0, 0.1) is 0 Å². The van der Waals surface area contributed by atoms with Crippen molar-refractivity contribution < 1.29 is 19.8 Å². The maximum Gasteiger partial charge on any atom is 0.300 e. The van der Waals surface area contributed by atoms with Gasteiger partial charge in [0.1, 0.15) is 0 Å². The Morgan fingerprint density at radius 1 is 0.741 bits per heavy atom. The van der Waals surface area contributed by atoms with E-state index in [1.165, 1.54) is 64.2 Å². The smallest absolute Gasteiger partial charge is 0.300 e. The van der Waals surface area contributed by atoms with Crippen LogP contribution < -0.4 is 5.30 Å². The van der Waals surface area contributed by atoms with Crippen molar-refractivity contribution in [2.45, 2.75) is 89.4 Å². The van der Waals surface area contributed by atoms with Crippen molar-refractivity contribution in [3.05, 3.63) is 30.3 Å². The van der Waals surface area contributed by atoms with Crippen LogP contribution in [0.5, 0.6) is 0 Å². The van der Waals surface area contributed by atoms with E-state index >= 15 is 0 Å². The minimum absolute atomic E-state index is 0.108. The summed E-state index contributed by atoms with van der Waals surface area (Å²) in [5.41, 5.74) is 2.07. The zero-order chi connectivity index (χ0) is 20.1. The number of carboxylic acid groups (broad SMARTS) is 2. The number of hydrogen-bond donors (Lipinski definition) is 2. The van der Waals surface area contributed by atoms with Crippen molar-refractivity contribution in [2.24, 2.45) is 0 Å². The van der Waals surface area contributed by atoms with Crippen LogP contribution in [0.25, 0.3) is 0 Å². The molecule has 2 fully saturated rings.